The molecule has 3 rings (SSSR count). The van der Waals surface area contributed by atoms with E-state index in [4.69, 9.17) is 16.0 Å². The van der Waals surface area contributed by atoms with E-state index in [0.29, 0.717) is 12.4 Å². The summed E-state index contributed by atoms with van der Waals surface area (Å²) < 4.78 is 5.28. The second kappa shape index (κ2) is 5.52. The smallest absolute Gasteiger partial charge is 0.226 e. The van der Waals surface area contributed by atoms with Crippen LogP contribution in [0.3, 0.4) is 0 Å². The van der Waals surface area contributed by atoms with Gasteiger partial charge in [-0.1, -0.05) is 0 Å². The molecule has 0 unspecified atom stereocenters. The minimum Gasteiger partial charge on any atom is -0.467 e. The molecule has 6 nitrogen and oxygen atoms in total. The molecule has 0 saturated heterocycles. The number of nitrogens with one attached hydrogen (secondary N) is 3. The van der Waals surface area contributed by atoms with Gasteiger partial charge in [-0.25, -0.2) is 4.98 Å². The quantitative estimate of drug-likeness (QED) is 0.630. The minimum atomic E-state index is 0.206. The summed E-state index contributed by atoms with van der Waals surface area (Å²) in [5.41, 5.74) is 1.75. The van der Waals surface area contributed by atoms with E-state index in [9.17, 15) is 0 Å². The molecule has 0 bridgehead atoms. The van der Waals surface area contributed by atoms with Crippen molar-refractivity contribution >= 4 is 28.5 Å². The lowest BCUT2D eigenvalue weighted by Gasteiger charge is -2.04. The Kier molecular flexibility index (Phi) is 3.58. The summed E-state index contributed by atoms with van der Waals surface area (Å²) in [4.78, 5) is 11.6. The molecule has 0 aliphatic carbocycles. The van der Waals surface area contributed by atoms with Gasteiger partial charge in [-0.3, -0.25) is 0 Å². The van der Waals surface area contributed by atoms with Crippen molar-refractivity contribution in [2.24, 2.45) is 0 Å². The molecule has 3 heterocycles. The van der Waals surface area contributed by atoms with Crippen LogP contribution in [0, 0.1) is 0 Å². The summed E-state index contributed by atoms with van der Waals surface area (Å²) in [5.74, 6) is 1.52. The first-order valence-electron chi connectivity index (χ1n) is 6.22. The van der Waals surface area contributed by atoms with E-state index in [1.807, 2.05) is 25.2 Å². The zero-order valence-electron chi connectivity index (χ0n) is 10.9. The van der Waals surface area contributed by atoms with Crippen LogP contribution in [0.5, 0.6) is 0 Å². The third-order valence-corrected chi connectivity index (χ3v) is 3.06. The van der Waals surface area contributed by atoms with Gasteiger partial charge in [0.1, 0.15) is 17.2 Å². The van der Waals surface area contributed by atoms with Gasteiger partial charge in [0.25, 0.3) is 0 Å². The highest BCUT2D eigenvalue weighted by Gasteiger charge is 2.10. The lowest BCUT2D eigenvalue weighted by Crippen LogP contribution is -2.04. The first-order chi connectivity index (χ1) is 9.76. The van der Waals surface area contributed by atoms with Gasteiger partial charge in [0, 0.05) is 12.2 Å². The molecule has 3 N–H and O–H groups in total. The Labute approximate surface area is 120 Å². The van der Waals surface area contributed by atoms with E-state index < -0.39 is 0 Å². The van der Waals surface area contributed by atoms with Crippen LogP contribution in [0.2, 0.25) is 5.28 Å². The molecule has 0 aromatic carbocycles. The molecule has 0 aliphatic heterocycles. The number of rotatable bonds is 5. The zero-order chi connectivity index (χ0) is 13.9. The third kappa shape index (κ3) is 2.61. The highest BCUT2D eigenvalue weighted by atomic mass is 35.5. The van der Waals surface area contributed by atoms with Gasteiger partial charge in [-0.05, 0) is 36.8 Å². The van der Waals surface area contributed by atoms with Crippen molar-refractivity contribution in [3.8, 4) is 0 Å². The number of furan rings is 1. The summed E-state index contributed by atoms with van der Waals surface area (Å²) in [7, 11) is 1.89. The highest BCUT2D eigenvalue weighted by Crippen LogP contribution is 2.23. The monoisotopic (exact) mass is 291 g/mol. The number of aromatic nitrogens is 3. The maximum absolute atomic E-state index is 5.95. The first-order valence-corrected chi connectivity index (χ1v) is 6.60. The number of fused-ring (bicyclic) bond motifs is 1. The molecule has 3 aromatic rings. The van der Waals surface area contributed by atoms with E-state index in [0.717, 1.165) is 29.0 Å². The Morgan fingerprint density at radius 3 is 3.00 bits per heavy atom. The molecule has 104 valence electrons. The van der Waals surface area contributed by atoms with Crippen LogP contribution < -0.4 is 10.6 Å². The summed E-state index contributed by atoms with van der Waals surface area (Å²) in [6.45, 7) is 1.27. The maximum Gasteiger partial charge on any atom is 0.226 e. The molecule has 0 saturated carbocycles. The number of aromatic amines is 1. The standard InChI is InChI=1S/C13H14ClN5O/c1-15-6-8-5-10-11(16-7-9-3-2-4-20-9)18-13(14)19-12(10)17-8/h2-5,15H,6-7H2,1H3,(H2,16,17,18,19). The van der Waals surface area contributed by atoms with E-state index in [2.05, 4.69) is 25.6 Å². The average molecular weight is 292 g/mol. The van der Waals surface area contributed by atoms with Crippen molar-refractivity contribution in [1.82, 2.24) is 20.3 Å². The number of halogens is 1. The second-order valence-corrected chi connectivity index (χ2v) is 4.70. The predicted molar refractivity (Wildman–Crippen MR) is 77.7 cm³/mol. The topological polar surface area (TPSA) is 78.8 Å². The normalized spacial score (nSPS) is 11.1. The van der Waals surface area contributed by atoms with Gasteiger partial charge in [0.2, 0.25) is 5.28 Å². The van der Waals surface area contributed by atoms with Gasteiger partial charge in [0.05, 0.1) is 18.2 Å². The molecule has 0 radical (unpaired) electrons. The fourth-order valence-electron chi connectivity index (χ4n) is 2.04. The molecular formula is C13H14ClN5O. The lowest BCUT2D eigenvalue weighted by molar-refractivity contribution is 0.518. The van der Waals surface area contributed by atoms with Crippen molar-refractivity contribution in [2.45, 2.75) is 13.1 Å². The molecule has 0 aliphatic rings. The largest absolute Gasteiger partial charge is 0.467 e. The molecule has 0 amide bonds. The SMILES string of the molecule is CNCc1cc2c(NCc3ccco3)nc(Cl)nc2[nH]1. The van der Waals surface area contributed by atoms with Crippen molar-refractivity contribution in [3.63, 3.8) is 0 Å². The predicted octanol–water partition coefficient (Wildman–Crippen LogP) is 2.54. The van der Waals surface area contributed by atoms with Gasteiger partial charge >= 0.3 is 0 Å². The zero-order valence-corrected chi connectivity index (χ0v) is 11.7. The molecular weight excluding hydrogens is 278 g/mol. The van der Waals surface area contributed by atoms with Crippen LogP contribution in [0.1, 0.15) is 11.5 Å². The number of hydrogen-bond acceptors (Lipinski definition) is 5. The number of hydrogen-bond donors (Lipinski definition) is 3. The van der Waals surface area contributed by atoms with Gasteiger partial charge < -0.3 is 20.0 Å². The van der Waals surface area contributed by atoms with Crippen molar-refractivity contribution in [3.05, 3.63) is 41.2 Å². The van der Waals surface area contributed by atoms with Crippen molar-refractivity contribution in [1.29, 1.82) is 0 Å². The van der Waals surface area contributed by atoms with Crippen LogP contribution in [0.15, 0.2) is 28.9 Å². The summed E-state index contributed by atoms with van der Waals surface area (Å²) in [5, 5.41) is 7.42. The van der Waals surface area contributed by atoms with E-state index in [-0.39, 0.29) is 5.28 Å². The summed E-state index contributed by atoms with van der Waals surface area (Å²) in [6.07, 6.45) is 1.64. The molecule has 0 fully saturated rings. The number of H-pyrrole nitrogens is 1. The Bertz CT molecular complexity index is 707. The first kappa shape index (κ1) is 13.0. The molecule has 0 atom stereocenters. The van der Waals surface area contributed by atoms with E-state index in [1.54, 1.807) is 6.26 Å². The molecule has 3 aromatic heterocycles. The van der Waals surface area contributed by atoms with Crippen LogP contribution >= 0.6 is 11.6 Å². The maximum atomic E-state index is 5.95. The Hall–Kier alpha value is -2.05. The average Bonchev–Trinajstić information content (AvgIpc) is 3.05. The lowest BCUT2D eigenvalue weighted by atomic mass is 10.3. The molecule has 7 heteroatoms. The van der Waals surface area contributed by atoms with Crippen molar-refractivity contribution < 1.29 is 4.42 Å². The summed E-state index contributed by atoms with van der Waals surface area (Å²) in [6, 6.07) is 5.75. The molecule has 20 heavy (non-hydrogen) atoms. The van der Waals surface area contributed by atoms with Crippen LogP contribution in [-0.4, -0.2) is 22.0 Å². The van der Waals surface area contributed by atoms with Crippen LogP contribution in [0.4, 0.5) is 5.82 Å². The van der Waals surface area contributed by atoms with E-state index in [1.165, 1.54) is 0 Å². The Balaban J connectivity index is 1.91. The van der Waals surface area contributed by atoms with E-state index >= 15 is 0 Å². The second-order valence-electron chi connectivity index (χ2n) is 4.36. The Morgan fingerprint density at radius 1 is 1.35 bits per heavy atom. The van der Waals surface area contributed by atoms with Gasteiger partial charge in [-0.2, -0.15) is 4.98 Å². The summed E-state index contributed by atoms with van der Waals surface area (Å²) >= 11 is 5.95. The van der Waals surface area contributed by atoms with Gasteiger partial charge in [-0.15, -0.1) is 0 Å². The number of nitrogens with zero attached hydrogens (tertiary/aromatic N) is 2. The van der Waals surface area contributed by atoms with Crippen molar-refractivity contribution in [2.75, 3.05) is 12.4 Å². The Morgan fingerprint density at radius 2 is 2.25 bits per heavy atom. The fourth-order valence-corrected chi connectivity index (χ4v) is 2.21. The van der Waals surface area contributed by atoms with Gasteiger partial charge in [0.15, 0.2) is 0 Å². The fraction of sp³-hybridized carbons (Fsp3) is 0.231. The minimum absolute atomic E-state index is 0.206. The highest BCUT2D eigenvalue weighted by molar-refractivity contribution is 6.28. The van der Waals surface area contributed by atoms with Crippen LogP contribution in [-0.2, 0) is 13.1 Å². The number of anilines is 1. The third-order valence-electron chi connectivity index (χ3n) is 2.89. The van der Waals surface area contributed by atoms with Crippen LogP contribution in [0.25, 0.3) is 11.0 Å². The molecule has 0 spiro atoms.